The monoisotopic (exact) mass is 202 g/mol. The Hall–Kier alpha value is -1.84. The summed E-state index contributed by atoms with van der Waals surface area (Å²) in [5.74, 6) is 0.679. The van der Waals surface area contributed by atoms with Crippen LogP contribution in [0.1, 0.15) is 17.0 Å². The fraction of sp³-hybridized carbons (Fsp3) is 0.273. The number of nitrogens with two attached hydrogens (primary N) is 1. The van der Waals surface area contributed by atoms with Crippen LogP contribution in [0.4, 0.5) is 5.82 Å². The van der Waals surface area contributed by atoms with Gasteiger partial charge in [0.2, 0.25) is 0 Å². The molecule has 0 aliphatic heterocycles. The molecule has 4 heteroatoms. The van der Waals surface area contributed by atoms with E-state index in [4.69, 9.17) is 5.73 Å². The third kappa shape index (κ3) is 1.58. The molecule has 2 heterocycles. The first-order chi connectivity index (χ1) is 7.09. The predicted octanol–water partition coefficient (Wildman–Crippen LogP) is 1.77. The molecule has 78 valence electrons. The van der Waals surface area contributed by atoms with Crippen LogP contribution in [0.5, 0.6) is 0 Å². The van der Waals surface area contributed by atoms with Gasteiger partial charge in [-0.3, -0.25) is 4.98 Å². The number of pyridine rings is 1. The molecule has 2 N–H and O–H groups in total. The Balaban J connectivity index is 2.54. The summed E-state index contributed by atoms with van der Waals surface area (Å²) in [5, 5.41) is 4.36. The summed E-state index contributed by atoms with van der Waals surface area (Å²) >= 11 is 0. The Morgan fingerprint density at radius 1 is 1.20 bits per heavy atom. The zero-order valence-electron chi connectivity index (χ0n) is 9.15. The molecule has 0 atom stereocenters. The molecule has 0 amide bonds. The van der Waals surface area contributed by atoms with E-state index in [2.05, 4.69) is 10.1 Å². The lowest BCUT2D eigenvalue weighted by Crippen LogP contribution is -2.02. The molecule has 2 rings (SSSR count). The van der Waals surface area contributed by atoms with Crippen molar-refractivity contribution in [1.82, 2.24) is 14.8 Å². The van der Waals surface area contributed by atoms with Crippen LogP contribution in [0.2, 0.25) is 0 Å². The summed E-state index contributed by atoms with van der Waals surface area (Å²) in [4.78, 5) is 4.22. The standard InChI is InChI=1S/C11H14N4/c1-7-4-5-10(6-13-7)15-11(12)8(2)9(3)14-15/h4-6H,12H2,1-3H3. The van der Waals surface area contributed by atoms with Crippen molar-refractivity contribution in [2.75, 3.05) is 5.73 Å². The van der Waals surface area contributed by atoms with Crippen molar-refractivity contribution < 1.29 is 0 Å². The number of hydrogen-bond acceptors (Lipinski definition) is 3. The fourth-order valence-electron chi connectivity index (χ4n) is 1.41. The van der Waals surface area contributed by atoms with E-state index in [0.717, 1.165) is 22.6 Å². The van der Waals surface area contributed by atoms with Crippen LogP contribution in [-0.2, 0) is 0 Å². The van der Waals surface area contributed by atoms with E-state index < -0.39 is 0 Å². The lowest BCUT2D eigenvalue weighted by atomic mass is 10.3. The second-order valence-corrected chi connectivity index (χ2v) is 3.67. The molecule has 0 radical (unpaired) electrons. The number of nitrogens with zero attached hydrogens (tertiary/aromatic N) is 3. The number of aromatic nitrogens is 3. The van der Waals surface area contributed by atoms with Crippen LogP contribution < -0.4 is 5.73 Å². The maximum atomic E-state index is 5.95. The first-order valence-electron chi connectivity index (χ1n) is 4.84. The van der Waals surface area contributed by atoms with Crippen LogP contribution in [0.25, 0.3) is 5.69 Å². The van der Waals surface area contributed by atoms with Crippen LogP contribution in [0, 0.1) is 20.8 Å². The van der Waals surface area contributed by atoms with Crippen LogP contribution in [0.15, 0.2) is 18.3 Å². The minimum atomic E-state index is 0.679. The average Bonchev–Trinajstić information content (AvgIpc) is 2.47. The Morgan fingerprint density at radius 2 is 1.93 bits per heavy atom. The summed E-state index contributed by atoms with van der Waals surface area (Å²) in [6.45, 7) is 5.87. The highest BCUT2D eigenvalue weighted by molar-refractivity contribution is 5.48. The highest BCUT2D eigenvalue weighted by atomic mass is 15.3. The van der Waals surface area contributed by atoms with E-state index in [-0.39, 0.29) is 0 Å². The Kier molecular flexibility index (Phi) is 2.19. The SMILES string of the molecule is Cc1ccc(-n2nc(C)c(C)c2N)cn1. The topological polar surface area (TPSA) is 56.7 Å². The second-order valence-electron chi connectivity index (χ2n) is 3.67. The van der Waals surface area contributed by atoms with E-state index in [1.807, 2.05) is 32.9 Å². The predicted molar refractivity (Wildman–Crippen MR) is 60.0 cm³/mol. The zero-order chi connectivity index (χ0) is 11.0. The molecule has 4 nitrogen and oxygen atoms in total. The maximum Gasteiger partial charge on any atom is 0.130 e. The molecular weight excluding hydrogens is 188 g/mol. The third-order valence-electron chi connectivity index (χ3n) is 2.55. The Bertz CT molecular complexity index is 482. The first kappa shape index (κ1) is 9.71. The van der Waals surface area contributed by atoms with Crippen LogP contribution >= 0.6 is 0 Å². The average molecular weight is 202 g/mol. The van der Waals surface area contributed by atoms with E-state index in [9.17, 15) is 0 Å². The van der Waals surface area contributed by atoms with Gasteiger partial charge in [-0.1, -0.05) is 0 Å². The van der Waals surface area contributed by atoms with E-state index in [1.165, 1.54) is 0 Å². The van der Waals surface area contributed by atoms with Gasteiger partial charge < -0.3 is 5.73 Å². The minimum absolute atomic E-state index is 0.679. The smallest absolute Gasteiger partial charge is 0.130 e. The molecule has 0 aliphatic rings. The number of aryl methyl sites for hydroxylation is 2. The lowest BCUT2D eigenvalue weighted by Gasteiger charge is -2.03. The number of anilines is 1. The maximum absolute atomic E-state index is 5.95. The zero-order valence-corrected chi connectivity index (χ0v) is 9.15. The molecule has 15 heavy (non-hydrogen) atoms. The largest absolute Gasteiger partial charge is 0.383 e. The summed E-state index contributed by atoms with van der Waals surface area (Å²) < 4.78 is 1.72. The van der Waals surface area contributed by atoms with Gasteiger partial charge in [0.25, 0.3) is 0 Å². The molecule has 2 aromatic heterocycles. The normalized spacial score (nSPS) is 10.6. The van der Waals surface area contributed by atoms with Gasteiger partial charge in [-0.25, -0.2) is 4.68 Å². The van der Waals surface area contributed by atoms with Gasteiger partial charge in [0, 0.05) is 11.3 Å². The van der Waals surface area contributed by atoms with Gasteiger partial charge in [-0.2, -0.15) is 5.10 Å². The van der Waals surface area contributed by atoms with E-state index >= 15 is 0 Å². The molecule has 0 bridgehead atoms. The molecule has 2 aromatic rings. The highest BCUT2D eigenvalue weighted by Gasteiger charge is 2.09. The molecule has 0 aliphatic carbocycles. The van der Waals surface area contributed by atoms with Gasteiger partial charge >= 0.3 is 0 Å². The minimum Gasteiger partial charge on any atom is -0.383 e. The molecule has 0 saturated heterocycles. The quantitative estimate of drug-likeness (QED) is 0.766. The van der Waals surface area contributed by atoms with Crippen molar-refractivity contribution in [2.45, 2.75) is 20.8 Å². The fourth-order valence-corrected chi connectivity index (χ4v) is 1.41. The van der Waals surface area contributed by atoms with Gasteiger partial charge in [-0.15, -0.1) is 0 Å². The van der Waals surface area contributed by atoms with Crippen molar-refractivity contribution in [2.24, 2.45) is 0 Å². The summed E-state index contributed by atoms with van der Waals surface area (Å²) in [6.07, 6.45) is 1.78. The number of hydrogen-bond donors (Lipinski definition) is 1. The summed E-state index contributed by atoms with van der Waals surface area (Å²) in [7, 11) is 0. The van der Waals surface area contributed by atoms with Crippen LogP contribution in [0.3, 0.4) is 0 Å². The molecule has 0 spiro atoms. The van der Waals surface area contributed by atoms with E-state index in [0.29, 0.717) is 5.82 Å². The van der Waals surface area contributed by atoms with Gasteiger partial charge in [0.05, 0.1) is 17.6 Å². The third-order valence-corrected chi connectivity index (χ3v) is 2.55. The Morgan fingerprint density at radius 3 is 2.40 bits per heavy atom. The highest BCUT2D eigenvalue weighted by Crippen LogP contribution is 2.18. The summed E-state index contributed by atoms with van der Waals surface area (Å²) in [6, 6.07) is 3.91. The van der Waals surface area contributed by atoms with Gasteiger partial charge in [0.1, 0.15) is 5.82 Å². The number of rotatable bonds is 1. The lowest BCUT2D eigenvalue weighted by molar-refractivity contribution is 0.864. The molecular formula is C11H14N4. The van der Waals surface area contributed by atoms with Crippen molar-refractivity contribution in [1.29, 1.82) is 0 Å². The molecule has 0 unspecified atom stereocenters. The van der Waals surface area contributed by atoms with E-state index in [1.54, 1.807) is 10.9 Å². The summed E-state index contributed by atoms with van der Waals surface area (Å²) in [5.41, 5.74) is 9.80. The van der Waals surface area contributed by atoms with Gasteiger partial charge in [0.15, 0.2) is 0 Å². The van der Waals surface area contributed by atoms with Gasteiger partial charge in [-0.05, 0) is 32.9 Å². The second kappa shape index (κ2) is 3.38. The first-order valence-corrected chi connectivity index (χ1v) is 4.84. The van der Waals surface area contributed by atoms with Crippen molar-refractivity contribution in [3.8, 4) is 5.69 Å². The van der Waals surface area contributed by atoms with Crippen LogP contribution in [-0.4, -0.2) is 14.8 Å². The molecule has 0 aromatic carbocycles. The Labute approximate surface area is 88.8 Å². The molecule has 0 fully saturated rings. The van der Waals surface area contributed by atoms with Crippen molar-refractivity contribution in [3.63, 3.8) is 0 Å². The number of nitrogen functional groups attached to an aromatic ring is 1. The molecule has 0 saturated carbocycles. The van der Waals surface area contributed by atoms with Crippen molar-refractivity contribution in [3.05, 3.63) is 35.3 Å². The van der Waals surface area contributed by atoms with Crippen molar-refractivity contribution >= 4 is 5.82 Å².